The molecule has 11 heavy (non-hydrogen) atoms. The van der Waals surface area contributed by atoms with Crippen molar-refractivity contribution in [2.24, 2.45) is 0 Å². The van der Waals surface area contributed by atoms with E-state index in [-0.39, 0.29) is 20.0 Å². The van der Waals surface area contributed by atoms with E-state index < -0.39 is 0 Å². The first kappa shape index (κ1) is 9.84. The second-order valence-electron chi connectivity index (χ2n) is 2.00. The molecule has 0 radical (unpaired) electrons. The Balaban J connectivity index is 0.000001000. The van der Waals surface area contributed by atoms with Crippen LogP contribution in [0.25, 0.3) is 0 Å². The molecule has 0 aliphatic carbocycles. The van der Waals surface area contributed by atoms with Crippen molar-refractivity contribution in [3.63, 3.8) is 0 Å². The zero-order valence-electron chi connectivity index (χ0n) is 5.70. The number of anilines is 1. The van der Waals surface area contributed by atoms with Crippen LogP contribution in [0.4, 0.5) is 5.95 Å². The number of aliphatic hydroxyl groups is 1. The monoisotopic (exact) mass is 155 g/mol. The number of aromatic nitrogens is 2. The highest BCUT2D eigenvalue weighted by Crippen LogP contribution is 2.03. The first-order valence-electron chi connectivity index (χ1n) is 2.93. The molecule has 0 saturated heterocycles. The Morgan fingerprint density at radius 3 is 2.73 bits per heavy atom. The lowest BCUT2D eigenvalue weighted by Crippen LogP contribution is -1.99. The maximum atomic E-state index is 8.69. The van der Waals surface area contributed by atoms with Crippen molar-refractivity contribution in [2.45, 2.75) is 21.0 Å². The molecule has 0 unspecified atom stereocenters. The minimum absolute atomic E-state index is 0. The van der Waals surface area contributed by atoms with Crippen molar-refractivity contribution in [1.82, 2.24) is 9.97 Å². The zero-order valence-corrected chi connectivity index (χ0v) is 5.70. The normalized spacial score (nSPS) is 8.91. The highest BCUT2D eigenvalue weighted by Gasteiger charge is 1.97. The lowest BCUT2D eigenvalue weighted by molar-refractivity contribution is 0.280. The van der Waals surface area contributed by atoms with Crippen LogP contribution in [-0.2, 0) is 6.61 Å². The van der Waals surface area contributed by atoms with Gasteiger partial charge in [0.2, 0.25) is 5.95 Å². The van der Waals surface area contributed by atoms with E-state index in [0.717, 1.165) is 5.69 Å². The Kier molecular flexibility index (Phi) is 3.47. The summed E-state index contributed by atoms with van der Waals surface area (Å²) < 4.78 is 0. The van der Waals surface area contributed by atoms with Crippen LogP contribution < -0.4 is 5.73 Å². The van der Waals surface area contributed by atoms with Gasteiger partial charge >= 0.3 is 0 Å². The third kappa shape index (κ3) is 2.16. The van der Waals surface area contributed by atoms with Gasteiger partial charge in [-0.2, -0.15) is 0 Å². The molecule has 1 heterocycles. The average molecular weight is 155 g/mol. The summed E-state index contributed by atoms with van der Waals surface area (Å²) in [7, 11) is 0. The van der Waals surface area contributed by atoms with Gasteiger partial charge in [-0.25, -0.2) is 9.97 Å². The van der Waals surface area contributed by atoms with Crippen molar-refractivity contribution < 1.29 is 5.11 Å². The Morgan fingerprint density at radius 2 is 2.27 bits per heavy atom. The van der Waals surface area contributed by atoms with Crippen molar-refractivity contribution in [3.8, 4) is 0 Å². The van der Waals surface area contributed by atoms with E-state index in [1.54, 1.807) is 6.92 Å². The van der Waals surface area contributed by atoms with Gasteiger partial charge in [-0.15, -0.1) is 0 Å². The third-order valence-electron chi connectivity index (χ3n) is 1.27. The molecule has 0 aliphatic rings. The average Bonchev–Trinajstić information content (AvgIpc) is 1.88. The maximum absolute atomic E-state index is 8.69. The maximum Gasteiger partial charge on any atom is 0.220 e. The van der Waals surface area contributed by atoms with E-state index in [0.29, 0.717) is 5.56 Å². The minimum Gasteiger partial charge on any atom is -0.392 e. The molecule has 1 aromatic rings. The first-order chi connectivity index (χ1) is 4.74. The van der Waals surface area contributed by atoms with Crippen LogP contribution >= 0.6 is 0 Å². The molecule has 1 rings (SSSR count). The van der Waals surface area contributed by atoms with E-state index in [2.05, 4.69) is 9.97 Å². The highest BCUT2D eigenvalue weighted by atomic mass is 16.3. The summed E-state index contributed by atoms with van der Waals surface area (Å²) in [5.41, 5.74) is 6.73. The summed E-state index contributed by atoms with van der Waals surface area (Å²) >= 11 is 0. The summed E-state index contributed by atoms with van der Waals surface area (Å²) in [5, 5.41) is 8.69. The molecule has 4 heteroatoms. The van der Waals surface area contributed by atoms with Gasteiger partial charge in [-0.05, 0) is 6.92 Å². The topological polar surface area (TPSA) is 72.0 Å². The molecule has 0 spiro atoms. The van der Waals surface area contributed by atoms with Gasteiger partial charge in [0.05, 0.1) is 6.61 Å². The molecule has 0 fully saturated rings. The Hall–Kier alpha value is -1.16. The van der Waals surface area contributed by atoms with Gasteiger partial charge in [0, 0.05) is 17.5 Å². The summed E-state index contributed by atoms with van der Waals surface area (Å²) in [5.74, 6) is 0.245. The highest BCUT2D eigenvalue weighted by molar-refractivity contribution is 5.23. The molecule has 0 atom stereocenters. The Morgan fingerprint density at radius 1 is 1.64 bits per heavy atom. The molecule has 4 nitrogen and oxygen atoms in total. The summed E-state index contributed by atoms with van der Waals surface area (Å²) in [6, 6.07) is 0. The Labute approximate surface area is 66.1 Å². The molecular formula is C7H13N3O. The van der Waals surface area contributed by atoms with Crippen LogP contribution in [0, 0.1) is 6.92 Å². The number of hydrogen-bond donors (Lipinski definition) is 2. The second kappa shape index (κ2) is 3.88. The fourth-order valence-corrected chi connectivity index (χ4v) is 0.665. The summed E-state index contributed by atoms with van der Waals surface area (Å²) in [6.45, 7) is 1.75. The summed E-state index contributed by atoms with van der Waals surface area (Å²) in [4.78, 5) is 7.57. The molecule has 62 valence electrons. The number of nitrogen functional groups attached to an aromatic ring is 1. The Bertz CT molecular complexity index is 237. The number of nitrogens with two attached hydrogens (primary N) is 1. The number of nitrogens with zero attached hydrogens (tertiary/aromatic N) is 2. The minimum atomic E-state index is -0.0356. The number of hydrogen-bond acceptors (Lipinski definition) is 4. The third-order valence-corrected chi connectivity index (χ3v) is 1.27. The van der Waals surface area contributed by atoms with Crippen LogP contribution in [-0.4, -0.2) is 15.1 Å². The van der Waals surface area contributed by atoms with E-state index in [1.165, 1.54) is 6.20 Å². The predicted octanol–water partition coefficient (Wildman–Crippen LogP) is 0.496. The van der Waals surface area contributed by atoms with Crippen molar-refractivity contribution in [2.75, 3.05) is 5.73 Å². The largest absolute Gasteiger partial charge is 0.392 e. The summed E-state index contributed by atoms with van der Waals surface area (Å²) in [6.07, 6.45) is 1.53. The smallest absolute Gasteiger partial charge is 0.220 e. The van der Waals surface area contributed by atoms with Gasteiger partial charge in [0.15, 0.2) is 0 Å². The molecule has 0 bridgehead atoms. The fraction of sp³-hybridized carbons (Fsp3) is 0.429. The van der Waals surface area contributed by atoms with E-state index in [4.69, 9.17) is 10.8 Å². The molecule has 0 saturated carbocycles. The number of rotatable bonds is 1. The first-order valence-corrected chi connectivity index (χ1v) is 2.93. The van der Waals surface area contributed by atoms with Crippen LogP contribution in [0.15, 0.2) is 6.20 Å². The molecular weight excluding hydrogens is 142 g/mol. The number of aliphatic hydroxyl groups excluding tert-OH is 1. The fourth-order valence-electron chi connectivity index (χ4n) is 0.665. The SMILES string of the molecule is C.Cc1nc(N)ncc1CO. The van der Waals surface area contributed by atoms with Crippen LogP contribution in [0.1, 0.15) is 18.7 Å². The molecule has 1 aromatic heterocycles. The van der Waals surface area contributed by atoms with E-state index >= 15 is 0 Å². The van der Waals surface area contributed by atoms with Gasteiger partial charge < -0.3 is 10.8 Å². The van der Waals surface area contributed by atoms with Gasteiger partial charge in [0.1, 0.15) is 0 Å². The zero-order chi connectivity index (χ0) is 7.56. The van der Waals surface area contributed by atoms with Crippen molar-refractivity contribution >= 4 is 5.95 Å². The van der Waals surface area contributed by atoms with E-state index in [1.807, 2.05) is 0 Å². The quantitative estimate of drug-likeness (QED) is 0.619. The molecule has 3 N–H and O–H groups in total. The second-order valence-corrected chi connectivity index (χ2v) is 2.00. The van der Waals surface area contributed by atoms with Crippen LogP contribution in [0.2, 0.25) is 0 Å². The molecule has 0 aromatic carbocycles. The molecule has 0 aliphatic heterocycles. The van der Waals surface area contributed by atoms with E-state index in [9.17, 15) is 0 Å². The standard InChI is InChI=1S/C6H9N3O.CH4/c1-4-5(3-10)2-8-6(7)9-4;/h2,10H,3H2,1H3,(H2,7,8,9);1H4. The van der Waals surface area contributed by atoms with Gasteiger partial charge in [-0.3, -0.25) is 0 Å². The van der Waals surface area contributed by atoms with Crippen LogP contribution in [0.5, 0.6) is 0 Å². The lowest BCUT2D eigenvalue weighted by Gasteiger charge is -1.99. The van der Waals surface area contributed by atoms with Crippen molar-refractivity contribution in [3.05, 3.63) is 17.5 Å². The molecule has 0 amide bonds. The predicted molar refractivity (Wildman–Crippen MR) is 43.8 cm³/mol. The van der Waals surface area contributed by atoms with Gasteiger partial charge in [-0.1, -0.05) is 7.43 Å². The van der Waals surface area contributed by atoms with Gasteiger partial charge in [0.25, 0.3) is 0 Å². The van der Waals surface area contributed by atoms with Crippen molar-refractivity contribution in [1.29, 1.82) is 0 Å². The van der Waals surface area contributed by atoms with Crippen LogP contribution in [0.3, 0.4) is 0 Å². The number of aryl methyl sites for hydroxylation is 1. The lowest BCUT2D eigenvalue weighted by atomic mass is 10.3.